The fourth-order valence-electron chi connectivity index (χ4n) is 3.88. The molecule has 2 heterocycles. The molecule has 1 saturated carbocycles. The minimum Gasteiger partial charge on any atom is -0.495 e. The van der Waals surface area contributed by atoms with Crippen molar-refractivity contribution in [2.45, 2.75) is 37.8 Å². The van der Waals surface area contributed by atoms with Gasteiger partial charge in [-0.3, -0.25) is 14.5 Å². The lowest BCUT2D eigenvalue weighted by molar-refractivity contribution is -0.123. The maximum absolute atomic E-state index is 13.6. The number of ether oxygens (including phenoxy) is 1. The third kappa shape index (κ3) is 4.11. The number of nitrogens with zero attached hydrogens (tertiary/aromatic N) is 1. The van der Waals surface area contributed by atoms with E-state index in [0.717, 1.165) is 30.6 Å². The number of hydrogen-bond acceptors (Lipinski definition) is 5. The van der Waals surface area contributed by atoms with Gasteiger partial charge >= 0.3 is 0 Å². The fourth-order valence-corrected chi connectivity index (χ4v) is 4.70. The molecule has 3 aromatic rings. The zero-order valence-electron chi connectivity index (χ0n) is 16.7. The molecule has 0 spiro atoms. The average molecular weight is 425 g/mol. The van der Waals surface area contributed by atoms with Gasteiger partial charge in [-0.1, -0.05) is 31.0 Å². The van der Waals surface area contributed by atoms with Crippen LogP contribution >= 0.6 is 11.3 Å². The number of rotatable bonds is 7. The van der Waals surface area contributed by atoms with E-state index in [4.69, 9.17) is 9.15 Å². The molecule has 1 aliphatic rings. The zero-order valence-corrected chi connectivity index (χ0v) is 17.6. The van der Waals surface area contributed by atoms with E-state index in [-0.39, 0.29) is 17.7 Å². The molecule has 4 rings (SSSR count). The molecule has 156 valence electrons. The quantitative estimate of drug-likeness (QED) is 0.592. The van der Waals surface area contributed by atoms with Crippen molar-refractivity contribution in [2.24, 2.45) is 0 Å². The van der Waals surface area contributed by atoms with Gasteiger partial charge in [0.2, 0.25) is 5.91 Å². The van der Waals surface area contributed by atoms with Crippen LogP contribution in [0.5, 0.6) is 5.75 Å². The molecule has 0 bridgehead atoms. The summed E-state index contributed by atoms with van der Waals surface area (Å²) >= 11 is 1.44. The number of benzene rings is 1. The molecule has 0 unspecified atom stereocenters. The Bertz CT molecular complexity index is 979. The van der Waals surface area contributed by atoms with Gasteiger partial charge in [0.1, 0.15) is 5.75 Å². The number of amides is 2. The summed E-state index contributed by atoms with van der Waals surface area (Å²) < 4.78 is 10.9. The molecule has 1 aromatic carbocycles. The molecule has 7 heteroatoms. The van der Waals surface area contributed by atoms with E-state index in [0.29, 0.717) is 11.4 Å². The van der Waals surface area contributed by atoms with E-state index >= 15 is 0 Å². The summed E-state index contributed by atoms with van der Waals surface area (Å²) in [5, 5.41) is 5.06. The summed E-state index contributed by atoms with van der Waals surface area (Å²) in [6.07, 6.45) is 5.59. The Hall–Kier alpha value is -3.06. The van der Waals surface area contributed by atoms with Gasteiger partial charge in [-0.25, -0.2) is 0 Å². The molecular formula is C23H24N2O4S. The molecule has 2 aromatic heterocycles. The summed E-state index contributed by atoms with van der Waals surface area (Å²) in [6, 6.07) is 13.5. The topological polar surface area (TPSA) is 71.8 Å². The number of methoxy groups -OCH3 is 1. The van der Waals surface area contributed by atoms with Crippen molar-refractivity contribution in [1.29, 1.82) is 0 Å². The standard InChI is InChI=1S/C23H24N2O4S/c1-28-18-11-5-4-10-17(18)25(23(27)19-12-6-14-29-19)21(20-13-7-15-30-20)22(26)24-16-8-2-3-9-16/h4-7,10-16,21H,2-3,8-9H2,1H3,(H,24,26)/t21-/m1/s1. The second kappa shape index (κ2) is 9.17. The number of furan rings is 1. The van der Waals surface area contributed by atoms with Crippen LogP contribution in [-0.2, 0) is 4.79 Å². The highest BCUT2D eigenvalue weighted by Crippen LogP contribution is 2.37. The van der Waals surface area contributed by atoms with Crippen molar-refractivity contribution in [3.05, 3.63) is 70.8 Å². The molecule has 0 saturated heterocycles. The number of thiophene rings is 1. The number of carbonyl (C=O) groups excluding carboxylic acids is 2. The number of carbonyl (C=O) groups is 2. The fraction of sp³-hybridized carbons (Fsp3) is 0.304. The van der Waals surface area contributed by atoms with Gasteiger partial charge in [0.25, 0.3) is 5.91 Å². The molecule has 1 atom stereocenters. The maximum atomic E-state index is 13.6. The van der Waals surface area contributed by atoms with Crippen LogP contribution in [0.4, 0.5) is 5.69 Å². The highest BCUT2D eigenvalue weighted by atomic mass is 32.1. The smallest absolute Gasteiger partial charge is 0.295 e. The first-order valence-corrected chi connectivity index (χ1v) is 10.9. The Morgan fingerprint density at radius 2 is 1.93 bits per heavy atom. The molecule has 2 amide bonds. The van der Waals surface area contributed by atoms with Crippen LogP contribution in [0.3, 0.4) is 0 Å². The lowest BCUT2D eigenvalue weighted by Gasteiger charge is -2.31. The Morgan fingerprint density at radius 1 is 1.13 bits per heavy atom. The van der Waals surface area contributed by atoms with Crippen molar-refractivity contribution in [1.82, 2.24) is 5.32 Å². The van der Waals surface area contributed by atoms with E-state index in [2.05, 4.69) is 5.32 Å². The molecule has 1 fully saturated rings. The van der Waals surface area contributed by atoms with Crippen LogP contribution in [0.25, 0.3) is 0 Å². The number of para-hydroxylation sites is 2. The summed E-state index contributed by atoms with van der Waals surface area (Å²) in [5.74, 6) is 0.0726. The van der Waals surface area contributed by atoms with Crippen molar-refractivity contribution < 1.29 is 18.7 Å². The van der Waals surface area contributed by atoms with Gasteiger partial charge < -0.3 is 14.5 Å². The number of hydrogen-bond donors (Lipinski definition) is 1. The Labute approximate surface area is 179 Å². The van der Waals surface area contributed by atoms with Crippen molar-refractivity contribution >= 4 is 28.8 Å². The summed E-state index contributed by atoms with van der Waals surface area (Å²) in [6.45, 7) is 0. The van der Waals surface area contributed by atoms with Crippen LogP contribution in [0.1, 0.15) is 47.2 Å². The van der Waals surface area contributed by atoms with Crippen LogP contribution in [-0.4, -0.2) is 25.0 Å². The lowest BCUT2D eigenvalue weighted by Crippen LogP contribution is -2.46. The van der Waals surface area contributed by atoms with Gasteiger partial charge in [-0.05, 0) is 48.6 Å². The third-order valence-electron chi connectivity index (χ3n) is 5.32. The minimum atomic E-state index is -0.834. The molecule has 1 N–H and O–H groups in total. The molecular weight excluding hydrogens is 400 g/mol. The molecule has 0 radical (unpaired) electrons. The first-order chi connectivity index (χ1) is 14.7. The first-order valence-electron chi connectivity index (χ1n) is 10.0. The van der Waals surface area contributed by atoms with Gasteiger partial charge in [-0.2, -0.15) is 0 Å². The van der Waals surface area contributed by atoms with E-state index in [1.54, 1.807) is 31.4 Å². The van der Waals surface area contributed by atoms with E-state index in [9.17, 15) is 9.59 Å². The predicted molar refractivity (Wildman–Crippen MR) is 116 cm³/mol. The van der Waals surface area contributed by atoms with Crippen molar-refractivity contribution in [3.8, 4) is 5.75 Å². The summed E-state index contributed by atoms with van der Waals surface area (Å²) in [4.78, 5) is 29.3. The van der Waals surface area contributed by atoms with E-state index in [1.165, 1.54) is 22.5 Å². The van der Waals surface area contributed by atoms with Crippen LogP contribution in [0.15, 0.2) is 64.6 Å². The summed E-state index contributed by atoms with van der Waals surface area (Å²) in [5.41, 5.74) is 0.515. The van der Waals surface area contributed by atoms with E-state index in [1.807, 2.05) is 29.6 Å². The largest absolute Gasteiger partial charge is 0.495 e. The van der Waals surface area contributed by atoms with Gasteiger partial charge in [-0.15, -0.1) is 11.3 Å². The Kier molecular flexibility index (Phi) is 6.18. The van der Waals surface area contributed by atoms with Gasteiger partial charge in [0, 0.05) is 10.9 Å². The van der Waals surface area contributed by atoms with Crippen molar-refractivity contribution in [2.75, 3.05) is 12.0 Å². The zero-order chi connectivity index (χ0) is 20.9. The highest BCUT2D eigenvalue weighted by Gasteiger charge is 2.37. The molecule has 30 heavy (non-hydrogen) atoms. The number of nitrogens with one attached hydrogen (secondary N) is 1. The van der Waals surface area contributed by atoms with Gasteiger partial charge in [0.05, 0.1) is 19.1 Å². The monoisotopic (exact) mass is 424 g/mol. The SMILES string of the molecule is COc1ccccc1N(C(=O)c1ccco1)[C@@H](C(=O)NC1CCCC1)c1cccs1. The molecule has 6 nitrogen and oxygen atoms in total. The maximum Gasteiger partial charge on any atom is 0.295 e. The van der Waals surface area contributed by atoms with Crippen LogP contribution in [0, 0.1) is 0 Å². The second-order valence-corrected chi connectivity index (χ2v) is 8.21. The Morgan fingerprint density at radius 3 is 2.60 bits per heavy atom. The van der Waals surface area contributed by atoms with Gasteiger partial charge in [0.15, 0.2) is 11.8 Å². The first kappa shape index (κ1) is 20.2. The Balaban J connectivity index is 1.80. The summed E-state index contributed by atoms with van der Waals surface area (Å²) in [7, 11) is 1.55. The van der Waals surface area contributed by atoms with Crippen molar-refractivity contribution in [3.63, 3.8) is 0 Å². The molecule has 1 aliphatic carbocycles. The third-order valence-corrected chi connectivity index (χ3v) is 6.24. The van der Waals surface area contributed by atoms with Crippen LogP contribution < -0.4 is 15.0 Å². The second-order valence-electron chi connectivity index (χ2n) is 7.23. The lowest BCUT2D eigenvalue weighted by atomic mass is 10.1. The molecule has 0 aliphatic heterocycles. The minimum absolute atomic E-state index is 0.137. The normalized spacial score (nSPS) is 15.0. The average Bonchev–Trinajstić information content (AvgIpc) is 3.55. The van der Waals surface area contributed by atoms with E-state index < -0.39 is 11.9 Å². The predicted octanol–water partition coefficient (Wildman–Crippen LogP) is 4.80. The van der Waals surface area contributed by atoms with Crippen LogP contribution in [0.2, 0.25) is 0 Å². The highest BCUT2D eigenvalue weighted by molar-refractivity contribution is 7.10. The number of anilines is 1.